The summed E-state index contributed by atoms with van der Waals surface area (Å²) >= 11 is 0. The number of ether oxygens (including phenoxy) is 4. The van der Waals surface area contributed by atoms with Gasteiger partial charge in [-0.3, -0.25) is 4.79 Å². The van der Waals surface area contributed by atoms with Gasteiger partial charge in [0.15, 0.2) is 17.3 Å². The summed E-state index contributed by atoms with van der Waals surface area (Å²) in [5.41, 5.74) is 3.48. The minimum absolute atomic E-state index is 0.114. The molecule has 1 aliphatic rings. The van der Waals surface area contributed by atoms with E-state index < -0.39 is 0 Å². The van der Waals surface area contributed by atoms with Crippen molar-refractivity contribution in [3.05, 3.63) is 35.4 Å². The molecule has 0 saturated carbocycles. The van der Waals surface area contributed by atoms with Crippen molar-refractivity contribution in [2.45, 2.75) is 12.8 Å². The summed E-state index contributed by atoms with van der Waals surface area (Å²) in [4.78, 5) is 12.3. The summed E-state index contributed by atoms with van der Waals surface area (Å²) in [6.45, 7) is 0. The highest BCUT2D eigenvalue weighted by Gasteiger charge is 2.28. The van der Waals surface area contributed by atoms with Gasteiger partial charge in [-0.05, 0) is 35.7 Å². The molecule has 5 nitrogen and oxygen atoms in total. The average Bonchev–Trinajstić information content (AvgIpc) is 3.01. The van der Waals surface area contributed by atoms with Gasteiger partial charge in [-0.25, -0.2) is 0 Å². The van der Waals surface area contributed by atoms with Crippen molar-refractivity contribution in [1.82, 2.24) is 0 Å². The molecule has 0 unspecified atom stereocenters. The third kappa shape index (κ3) is 2.37. The fraction of sp³-hybridized carbons (Fsp3) is 0.316. The van der Waals surface area contributed by atoms with Crippen LogP contribution in [0.4, 0.5) is 0 Å². The molecule has 0 radical (unpaired) electrons. The van der Waals surface area contributed by atoms with E-state index in [0.717, 1.165) is 16.7 Å². The molecular weight excluding hydrogens is 308 g/mol. The third-order valence-electron chi connectivity index (χ3n) is 4.37. The molecule has 0 spiro atoms. The lowest BCUT2D eigenvalue weighted by molar-refractivity contribution is 0.0992. The van der Waals surface area contributed by atoms with Gasteiger partial charge in [-0.1, -0.05) is 6.07 Å². The molecule has 0 N–H and O–H groups in total. The molecule has 2 aromatic carbocycles. The van der Waals surface area contributed by atoms with Gasteiger partial charge in [-0.2, -0.15) is 0 Å². The zero-order valence-electron chi connectivity index (χ0n) is 14.3. The SMILES string of the molecule is COc1ccc(-c2ccc(OC)c3c2CCC3=O)c(OC)c1OC. The lowest BCUT2D eigenvalue weighted by atomic mass is 9.95. The van der Waals surface area contributed by atoms with Crippen LogP contribution in [0.1, 0.15) is 22.3 Å². The van der Waals surface area contributed by atoms with Gasteiger partial charge < -0.3 is 18.9 Å². The Labute approximate surface area is 141 Å². The Hall–Kier alpha value is -2.69. The molecule has 0 atom stereocenters. The van der Waals surface area contributed by atoms with Crippen LogP contribution >= 0.6 is 0 Å². The fourth-order valence-corrected chi connectivity index (χ4v) is 3.29. The highest BCUT2D eigenvalue weighted by Crippen LogP contribution is 2.47. The molecule has 0 amide bonds. The molecule has 1 aliphatic carbocycles. The van der Waals surface area contributed by atoms with E-state index in [4.69, 9.17) is 18.9 Å². The number of hydrogen-bond acceptors (Lipinski definition) is 5. The van der Waals surface area contributed by atoms with Gasteiger partial charge in [0, 0.05) is 12.0 Å². The molecule has 126 valence electrons. The Morgan fingerprint density at radius 2 is 1.33 bits per heavy atom. The Balaban J connectivity index is 2.26. The highest BCUT2D eigenvalue weighted by molar-refractivity contribution is 6.05. The number of carbonyl (C=O) groups excluding carboxylic acids is 1. The summed E-state index contributed by atoms with van der Waals surface area (Å²) < 4.78 is 21.7. The molecule has 2 aromatic rings. The molecule has 3 rings (SSSR count). The number of fused-ring (bicyclic) bond motifs is 1. The minimum Gasteiger partial charge on any atom is -0.496 e. The van der Waals surface area contributed by atoms with E-state index >= 15 is 0 Å². The van der Waals surface area contributed by atoms with Crippen LogP contribution in [-0.4, -0.2) is 34.2 Å². The van der Waals surface area contributed by atoms with Crippen LogP contribution < -0.4 is 18.9 Å². The topological polar surface area (TPSA) is 54.0 Å². The quantitative estimate of drug-likeness (QED) is 0.840. The van der Waals surface area contributed by atoms with E-state index in [2.05, 4.69) is 0 Å². The number of methoxy groups -OCH3 is 4. The normalized spacial score (nSPS) is 12.8. The highest BCUT2D eigenvalue weighted by atomic mass is 16.5. The largest absolute Gasteiger partial charge is 0.496 e. The summed E-state index contributed by atoms with van der Waals surface area (Å²) in [6, 6.07) is 7.54. The first kappa shape index (κ1) is 16.2. The zero-order chi connectivity index (χ0) is 17.3. The number of carbonyl (C=O) groups is 1. The lowest BCUT2D eigenvalue weighted by Gasteiger charge is -2.18. The monoisotopic (exact) mass is 328 g/mol. The van der Waals surface area contributed by atoms with Crippen molar-refractivity contribution in [3.63, 3.8) is 0 Å². The van der Waals surface area contributed by atoms with E-state index in [1.807, 2.05) is 24.3 Å². The van der Waals surface area contributed by atoms with Crippen LogP contribution in [-0.2, 0) is 6.42 Å². The van der Waals surface area contributed by atoms with Crippen LogP contribution in [0.5, 0.6) is 23.0 Å². The van der Waals surface area contributed by atoms with E-state index in [1.54, 1.807) is 28.4 Å². The smallest absolute Gasteiger partial charge is 0.203 e. The van der Waals surface area contributed by atoms with E-state index in [9.17, 15) is 4.79 Å². The number of benzene rings is 2. The molecule has 24 heavy (non-hydrogen) atoms. The number of ketones is 1. The first-order chi connectivity index (χ1) is 11.7. The Morgan fingerprint density at radius 3 is 1.96 bits per heavy atom. The second kappa shape index (κ2) is 6.43. The van der Waals surface area contributed by atoms with Crippen molar-refractivity contribution in [3.8, 4) is 34.1 Å². The maximum absolute atomic E-state index is 12.3. The minimum atomic E-state index is 0.114. The van der Waals surface area contributed by atoms with Gasteiger partial charge in [0.05, 0.1) is 34.0 Å². The summed E-state index contributed by atoms with van der Waals surface area (Å²) in [5, 5.41) is 0. The number of Topliss-reactive ketones (excluding diaryl/α,β-unsaturated/α-hetero) is 1. The molecule has 0 fully saturated rings. The van der Waals surface area contributed by atoms with Gasteiger partial charge in [0.2, 0.25) is 5.75 Å². The van der Waals surface area contributed by atoms with Crippen LogP contribution in [0.3, 0.4) is 0 Å². The molecular formula is C19H20O5. The first-order valence-electron chi connectivity index (χ1n) is 7.68. The number of hydrogen-bond donors (Lipinski definition) is 0. The molecule has 0 saturated heterocycles. The summed E-state index contributed by atoms with van der Waals surface area (Å²) in [5.74, 6) is 2.45. The maximum atomic E-state index is 12.3. The Bertz CT molecular complexity index is 795. The van der Waals surface area contributed by atoms with Crippen molar-refractivity contribution >= 4 is 5.78 Å². The second-order valence-corrected chi connectivity index (χ2v) is 5.47. The van der Waals surface area contributed by atoms with Gasteiger partial charge in [0.1, 0.15) is 5.75 Å². The van der Waals surface area contributed by atoms with Crippen LogP contribution in [0, 0.1) is 0 Å². The molecule has 0 aliphatic heterocycles. The van der Waals surface area contributed by atoms with E-state index in [0.29, 0.717) is 41.4 Å². The Kier molecular flexibility index (Phi) is 4.34. The summed E-state index contributed by atoms with van der Waals surface area (Å²) in [7, 11) is 6.33. The van der Waals surface area contributed by atoms with Crippen molar-refractivity contribution in [1.29, 1.82) is 0 Å². The van der Waals surface area contributed by atoms with E-state index in [-0.39, 0.29) is 5.78 Å². The lowest BCUT2D eigenvalue weighted by Crippen LogP contribution is -2.00. The predicted octanol–water partition coefficient (Wildman–Crippen LogP) is 3.52. The first-order valence-corrected chi connectivity index (χ1v) is 7.68. The number of rotatable bonds is 5. The van der Waals surface area contributed by atoms with E-state index in [1.165, 1.54) is 0 Å². The average molecular weight is 328 g/mol. The second-order valence-electron chi connectivity index (χ2n) is 5.47. The zero-order valence-corrected chi connectivity index (χ0v) is 14.3. The van der Waals surface area contributed by atoms with Crippen LogP contribution in [0.25, 0.3) is 11.1 Å². The molecule has 0 heterocycles. The van der Waals surface area contributed by atoms with Crippen LogP contribution in [0.15, 0.2) is 24.3 Å². The summed E-state index contributed by atoms with van der Waals surface area (Å²) in [6.07, 6.45) is 1.19. The van der Waals surface area contributed by atoms with Crippen molar-refractivity contribution < 1.29 is 23.7 Å². The molecule has 5 heteroatoms. The molecule has 0 bridgehead atoms. The molecule has 0 aromatic heterocycles. The maximum Gasteiger partial charge on any atom is 0.203 e. The van der Waals surface area contributed by atoms with Gasteiger partial charge >= 0.3 is 0 Å². The fourth-order valence-electron chi connectivity index (χ4n) is 3.29. The van der Waals surface area contributed by atoms with Gasteiger partial charge in [-0.15, -0.1) is 0 Å². The predicted molar refractivity (Wildman–Crippen MR) is 90.7 cm³/mol. The van der Waals surface area contributed by atoms with Crippen molar-refractivity contribution in [2.75, 3.05) is 28.4 Å². The van der Waals surface area contributed by atoms with Gasteiger partial charge in [0.25, 0.3) is 0 Å². The third-order valence-corrected chi connectivity index (χ3v) is 4.37. The van der Waals surface area contributed by atoms with Crippen molar-refractivity contribution in [2.24, 2.45) is 0 Å². The Morgan fingerprint density at radius 1 is 0.708 bits per heavy atom. The standard InChI is InChI=1S/C19H20O5/c1-21-15-9-6-11(12-5-8-14(20)17(12)15)13-7-10-16(22-2)19(24-4)18(13)23-3/h6-7,9-10H,5,8H2,1-4H3. The van der Waals surface area contributed by atoms with Crippen LogP contribution in [0.2, 0.25) is 0 Å².